The Bertz CT molecular complexity index is 6.00. The molecule has 0 amide bonds. The number of hydrogen-bond acceptors (Lipinski definition) is 0. The van der Waals surface area contributed by atoms with Crippen molar-refractivity contribution in [2.45, 2.75) is 0 Å². The predicted molar refractivity (Wildman–Crippen MR) is 18.7 cm³/mol. The predicted octanol–water partition coefficient (Wildman–Crippen LogP) is -2.41. The van der Waals surface area contributed by atoms with Crippen LogP contribution in [0.1, 0.15) is 0 Å². The smallest absolute Gasteiger partial charge is 0 e. The molecule has 0 saturated carbocycles. The summed E-state index contributed by atoms with van der Waals surface area (Å²) in [4.78, 5) is 0. The van der Waals surface area contributed by atoms with Gasteiger partial charge in [-0.2, -0.15) is 0 Å². The topological polar surface area (TPSA) is 63.0 Å². The monoisotopic (exact) mass is 180 g/mol. The van der Waals surface area contributed by atoms with Crippen LogP contribution in [0.5, 0.6) is 0 Å². The quantitative estimate of drug-likeness (QED) is 0.372. The molecule has 0 fully saturated rings. The van der Waals surface area contributed by atoms with Crippen LogP contribution in [0.25, 0.3) is 0 Å². The second-order valence-electron chi connectivity index (χ2n) is 0. The largest absolute Gasteiger partial charge is 0.412 e. The van der Waals surface area contributed by atoms with Crippen LogP contribution in [-0.2, 0) is 0 Å². The third-order valence-electron chi connectivity index (χ3n) is 0. The van der Waals surface area contributed by atoms with Crippen molar-refractivity contribution in [3.8, 4) is 0 Å². The number of rotatable bonds is 0. The molecule has 0 heterocycles. The first-order valence-corrected chi connectivity index (χ1v) is 0. The van der Waals surface area contributed by atoms with Crippen LogP contribution in [0.4, 0.5) is 0 Å². The molecule has 6 radical (unpaired) electrons. The summed E-state index contributed by atoms with van der Waals surface area (Å²) in [5, 5.41) is 0. The summed E-state index contributed by atoms with van der Waals surface area (Å²) >= 11 is 0. The van der Waals surface area contributed by atoms with Gasteiger partial charge in [-0.05, 0) is 0 Å². The van der Waals surface area contributed by atoms with E-state index in [-0.39, 0.29) is 57.9 Å². The van der Waals surface area contributed by atoms with Gasteiger partial charge in [-0.25, -0.2) is 0 Å². The zero-order valence-corrected chi connectivity index (χ0v) is 6.48. The summed E-state index contributed by atoms with van der Waals surface area (Å²) in [6.45, 7) is 0. The molecule has 22 valence electrons. The fraction of sp³-hybridized carbons (Fsp3) is 0. The standard InChI is InChI=1S/Mg.2H2O.Sn/h;2*1H2;. The van der Waals surface area contributed by atoms with E-state index >= 15 is 0 Å². The molecule has 0 saturated heterocycles. The van der Waals surface area contributed by atoms with Gasteiger partial charge in [0, 0.05) is 47.0 Å². The van der Waals surface area contributed by atoms with Gasteiger partial charge >= 0.3 is 0 Å². The van der Waals surface area contributed by atoms with E-state index in [1.165, 1.54) is 0 Å². The number of hydrogen-bond donors (Lipinski definition) is 0. The first kappa shape index (κ1) is 50.0. The summed E-state index contributed by atoms with van der Waals surface area (Å²) in [5.74, 6) is 0. The van der Waals surface area contributed by atoms with Gasteiger partial charge in [0.15, 0.2) is 0 Å². The van der Waals surface area contributed by atoms with E-state index in [0.717, 1.165) is 0 Å². The van der Waals surface area contributed by atoms with E-state index in [4.69, 9.17) is 0 Å². The minimum absolute atomic E-state index is 0. The molecule has 0 atom stereocenters. The van der Waals surface area contributed by atoms with E-state index < -0.39 is 0 Å². The zero-order valence-electron chi connectivity index (χ0n) is 2.21. The Labute approximate surface area is 57.7 Å². The van der Waals surface area contributed by atoms with E-state index in [1.54, 1.807) is 0 Å². The van der Waals surface area contributed by atoms with Crippen molar-refractivity contribution in [2.24, 2.45) is 0 Å². The maximum Gasteiger partial charge on any atom is 0 e. The van der Waals surface area contributed by atoms with Gasteiger partial charge in [0.1, 0.15) is 0 Å². The van der Waals surface area contributed by atoms with Crippen molar-refractivity contribution in [3.05, 3.63) is 0 Å². The van der Waals surface area contributed by atoms with Crippen molar-refractivity contribution in [1.29, 1.82) is 0 Å². The molecule has 0 rings (SSSR count). The molecule has 0 aromatic rings. The van der Waals surface area contributed by atoms with E-state index in [1.807, 2.05) is 0 Å². The fourth-order valence-electron chi connectivity index (χ4n) is 0. The minimum atomic E-state index is 0. The van der Waals surface area contributed by atoms with Gasteiger partial charge in [0.25, 0.3) is 0 Å². The van der Waals surface area contributed by atoms with Crippen molar-refractivity contribution in [2.75, 3.05) is 0 Å². The molecule has 4 heavy (non-hydrogen) atoms. The Hall–Kier alpha value is 1.48. The molecular formula is H4MgO2Sn. The van der Waals surface area contributed by atoms with Gasteiger partial charge in [-0.15, -0.1) is 0 Å². The Morgan fingerprint density at radius 3 is 0.750 bits per heavy atom. The molecule has 0 aliphatic carbocycles. The van der Waals surface area contributed by atoms with Gasteiger partial charge < -0.3 is 11.0 Å². The Kier molecular flexibility index (Phi) is 309. The summed E-state index contributed by atoms with van der Waals surface area (Å²) < 4.78 is 0. The van der Waals surface area contributed by atoms with E-state index in [0.29, 0.717) is 0 Å². The summed E-state index contributed by atoms with van der Waals surface area (Å²) in [6.07, 6.45) is 0. The molecule has 0 unspecified atom stereocenters. The molecule has 2 nitrogen and oxygen atoms in total. The van der Waals surface area contributed by atoms with Gasteiger partial charge in [0.2, 0.25) is 0 Å². The van der Waals surface area contributed by atoms with Crippen LogP contribution >= 0.6 is 0 Å². The minimum Gasteiger partial charge on any atom is -0.412 e. The molecule has 0 spiro atoms. The van der Waals surface area contributed by atoms with Crippen molar-refractivity contribution >= 4 is 47.0 Å². The molecule has 4 N–H and O–H groups in total. The Morgan fingerprint density at radius 2 is 0.750 bits per heavy atom. The molecular weight excluding hydrogens is 175 g/mol. The second kappa shape index (κ2) is 24.7. The average molecular weight is 179 g/mol. The molecule has 0 aliphatic rings. The Morgan fingerprint density at radius 1 is 0.750 bits per heavy atom. The molecule has 0 bridgehead atoms. The van der Waals surface area contributed by atoms with Crippen LogP contribution in [0, 0.1) is 0 Å². The molecule has 0 aromatic heterocycles. The van der Waals surface area contributed by atoms with Gasteiger partial charge in [-0.3, -0.25) is 0 Å². The van der Waals surface area contributed by atoms with Crippen LogP contribution in [0.2, 0.25) is 0 Å². The van der Waals surface area contributed by atoms with Crippen LogP contribution in [0.3, 0.4) is 0 Å². The summed E-state index contributed by atoms with van der Waals surface area (Å²) in [5.41, 5.74) is 0. The van der Waals surface area contributed by atoms with Crippen LogP contribution < -0.4 is 0 Å². The average Bonchev–Trinajstić information content (AvgIpc) is 0. The first-order valence-electron chi connectivity index (χ1n) is 0. The first-order chi connectivity index (χ1) is 0. The summed E-state index contributed by atoms with van der Waals surface area (Å²) in [7, 11) is 0. The summed E-state index contributed by atoms with van der Waals surface area (Å²) in [6, 6.07) is 0. The maximum atomic E-state index is 0. The SMILES string of the molecule is O.O.[Mg].[Sn]. The maximum absolute atomic E-state index is 0. The fourth-order valence-corrected chi connectivity index (χ4v) is 0. The van der Waals surface area contributed by atoms with Crippen molar-refractivity contribution < 1.29 is 11.0 Å². The van der Waals surface area contributed by atoms with Gasteiger partial charge in [-0.1, -0.05) is 0 Å². The third kappa shape index (κ3) is 9.76. The second-order valence-corrected chi connectivity index (χ2v) is 0. The van der Waals surface area contributed by atoms with Crippen molar-refractivity contribution in [1.82, 2.24) is 0 Å². The molecule has 0 aliphatic heterocycles. The Balaban J connectivity index is 0. The van der Waals surface area contributed by atoms with Crippen LogP contribution in [0.15, 0.2) is 0 Å². The van der Waals surface area contributed by atoms with E-state index in [2.05, 4.69) is 0 Å². The zero-order chi connectivity index (χ0) is 0. The van der Waals surface area contributed by atoms with Gasteiger partial charge in [0.05, 0.1) is 0 Å². The van der Waals surface area contributed by atoms with E-state index in [9.17, 15) is 0 Å². The molecule has 0 aromatic carbocycles. The van der Waals surface area contributed by atoms with Crippen molar-refractivity contribution in [3.63, 3.8) is 0 Å². The van der Waals surface area contributed by atoms with Crippen LogP contribution in [-0.4, -0.2) is 57.9 Å². The normalized spacial score (nSPS) is 0. The third-order valence-corrected chi connectivity index (χ3v) is 0. The molecule has 4 heteroatoms.